The molecule has 1 rings (SSSR count). The van der Waals surface area contributed by atoms with Gasteiger partial charge in [-0.05, 0) is 31.2 Å². The predicted octanol–water partition coefficient (Wildman–Crippen LogP) is 3.56. The van der Waals surface area contributed by atoms with Crippen LogP contribution in [0.1, 0.15) is 53.4 Å². The van der Waals surface area contributed by atoms with Crippen molar-refractivity contribution in [1.29, 1.82) is 0 Å². The van der Waals surface area contributed by atoms with Crippen LogP contribution in [0.2, 0.25) is 0 Å². The molecule has 1 saturated heterocycles. The van der Waals surface area contributed by atoms with Crippen LogP contribution in [-0.4, -0.2) is 17.5 Å². The molecule has 0 radical (unpaired) electrons. The lowest BCUT2D eigenvalue weighted by atomic mass is 9.76. The van der Waals surface area contributed by atoms with Gasteiger partial charge in [-0.2, -0.15) is 0 Å². The maximum absolute atomic E-state index is 6.64. The van der Waals surface area contributed by atoms with Crippen molar-refractivity contribution in [2.24, 2.45) is 5.41 Å². The fraction of sp³-hybridized carbons (Fsp3) is 1.00. The Morgan fingerprint density at radius 3 is 2.57 bits per heavy atom. The first-order valence-corrected chi connectivity index (χ1v) is 6.17. The molecule has 14 heavy (non-hydrogen) atoms. The Morgan fingerprint density at radius 1 is 1.43 bits per heavy atom. The van der Waals surface area contributed by atoms with Crippen LogP contribution in [0.15, 0.2) is 0 Å². The molecule has 2 unspecified atom stereocenters. The molecular weight excluding hydrogens is 194 g/mol. The molecule has 0 saturated carbocycles. The molecule has 0 bridgehead atoms. The zero-order chi connectivity index (χ0) is 10.8. The molecule has 1 aliphatic rings. The summed E-state index contributed by atoms with van der Waals surface area (Å²) in [7, 11) is 0. The van der Waals surface area contributed by atoms with E-state index in [-0.39, 0.29) is 4.87 Å². The number of rotatable bonds is 2. The third-order valence-corrected chi connectivity index (χ3v) is 3.81. The lowest BCUT2D eigenvalue weighted by Gasteiger charge is -2.42. The third kappa shape index (κ3) is 3.13. The monoisotopic (exact) mass is 217 g/mol. The maximum atomic E-state index is 6.64. The molecule has 1 heterocycles. The van der Waals surface area contributed by atoms with Gasteiger partial charge in [0.2, 0.25) is 0 Å². The highest BCUT2D eigenvalue weighted by Gasteiger charge is 2.38. The van der Waals surface area contributed by atoms with Gasteiger partial charge in [0.25, 0.3) is 0 Å². The van der Waals surface area contributed by atoms with Crippen LogP contribution in [0, 0.1) is 5.41 Å². The van der Waals surface area contributed by atoms with Crippen LogP contribution in [-0.2, 0) is 0 Å². The minimum atomic E-state index is 0.0674. The lowest BCUT2D eigenvalue weighted by Crippen LogP contribution is -2.51. The van der Waals surface area contributed by atoms with E-state index >= 15 is 0 Å². The van der Waals surface area contributed by atoms with Gasteiger partial charge in [-0.1, -0.05) is 34.1 Å². The average molecular weight is 218 g/mol. The van der Waals surface area contributed by atoms with E-state index in [1.54, 1.807) is 0 Å². The number of halogens is 1. The third-order valence-electron chi connectivity index (χ3n) is 3.28. The van der Waals surface area contributed by atoms with Crippen molar-refractivity contribution in [3.63, 3.8) is 0 Å². The molecule has 1 fully saturated rings. The van der Waals surface area contributed by atoms with Crippen LogP contribution in [0.5, 0.6) is 0 Å². The number of hydrogen-bond acceptors (Lipinski definition) is 1. The van der Waals surface area contributed by atoms with Gasteiger partial charge in [-0.15, -0.1) is 11.6 Å². The summed E-state index contributed by atoms with van der Waals surface area (Å²) in [6.07, 6.45) is 4.59. The smallest absolute Gasteiger partial charge is 0.0473 e. The van der Waals surface area contributed by atoms with Crippen molar-refractivity contribution in [3.05, 3.63) is 0 Å². The Morgan fingerprint density at radius 2 is 2.07 bits per heavy atom. The minimum Gasteiger partial charge on any atom is -0.313 e. The lowest BCUT2D eigenvalue weighted by molar-refractivity contribution is 0.192. The summed E-state index contributed by atoms with van der Waals surface area (Å²) in [5, 5.41) is 3.59. The molecule has 1 nitrogen and oxygen atoms in total. The fourth-order valence-electron chi connectivity index (χ4n) is 2.30. The van der Waals surface area contributed by atoms with Crippen molar-refractivity contribution in [1.82, 2.24) is 5.32 Å². The quantitative estimate of drug-likeness (QED) is 0.698. The number of nitrogens with one attached hydrogen (secondary N) is 1. The van der Waals surface area contributed by atoms with Crippen molar-refractivity contribution < 1.29 is 0 Å². The van der Waals surface area contributed by atoms with E-state index in [1.807, 2.05) is 0 Å². The second-order valence-corrected chi connectivity index (χ2v) is 6.53. The highest BCUT2D eigenvalue weighted by Crippen LogP contribution is 2.38. The van der Waals surface area contributed by atoms with E-state index in [9.17, 15) is 0 Å². The molecule has 0 aromatic carbocycles. The molecule has 0 aromatic heterocycles. The normalized spacial score (nSPS) is 34.5. The Kier molecular flexibility index (Phi) is 3.87. The van der Waals surface area contributed by atoms with Gasteiger partial charge in [0.05, 0.1) is 0 Å². The van der Waals surface area contributed by atoms with Gasteiger partial charge in [-0.3, -0.25) is 0 Å². The molecule has 1 aliphatic heterocycles. The molecule has 0 aromatic rings. The summed E-state index contributed by atoms with van der Waals surface area (Å²) in [5.41, 5.74) is 0.328. The van der Waals surface area contributed by atoms with Gasteiger partial charge in [-0.25, -0.2) is 0 Å². The summed E-state index contributed by atoms with van der Waals surface area (Å²) < 4.78 is 0. The minimum absolute atomic E-state index is 0.0674. The second-order valence-electron chi connectivity index (χ2n) is 5.73. The van der Waals surface area contributed by atoms with Gasteiger partial charge in [0.15, 0.2) is 0 Å². The topological polar surface area (TPSA) is 12.0 Å². The van der Waals surface area contributed by atoms with Crippen LogP contribution >= 0.6 is 11.6 Å². The molecule has 2 heteroatoms. The Balaban J connectivity index is 2.59. The van der Waals surface area contributed by atoms with E-state index < -0.39 is 0 Å². The first-order valence-electron chi connectivity index (χ1n) is 5.80. The Bertz CT molecular complexity index is 181. The number of piperidine rings is 1. The van der Waals surface area contributed by atoms with E-state index in [2.05, 4.69) is 33.0 Å². The Hall–Kier alpha value is 0.250. The van der Waals surface area contributed by atoms with Gasteiger partial charge < -0.3 is 5.32 Å². The molecule has 0 aliphatic carbocycles. The molecule has 1 N–H and O–H groups in total. The maximum Gasteiger partial charge on any atom is 0.0473 e. The first-order chi connectivity index (χ1) is 6.37. The summed E-state index contributed by atoms with van der Waals surface area (Å²) in [5.74, 6) is 0. The van der Waals surface area contributed by atoms with Crippen LogP contribution in [0.25, 0.3) is 0 Å². The number of hydrogen-bond donors (Lipinski definition) is 1. The largest absolute Gasteiger partial charge is 0.313 e. The second kappa shape index (κ2) is 4.40. The average Bonchev–Trinajstić information content (AvgIpc) is 2.02. The van der Waals surface area contributed by atoms with E-state index in [1.165, 1.54) is 6.42 Å². The zero-order valence-corrected chi connectivity index (χ0v) is 10.7. The van der Waals surface area contributed by atoms with E-state index in [0.717, 1.165) is 25.8 Å². The van der Waals surface area contributed by atoms with Crippen molar-refractivity contribution >= 4 is 11.6 Å². The zero-order valence-electron chi connectivity index (χ0n) is 9.99. The SMILES string of the molecule is CCCC1(Cl)CCNC(C(C)(C)C)C1. The molecular formula is C12H24ClN. The molecule has 0 amide bonds. The molecule has 84 valence electrons. The predicted molar refractivity (Wildman–Crippen MR) is 64.0 cm³/mol. The standard InChI is InChI=1S/C12H24ClN/c1-5-6-12(13)7-8-14-10(9-12)11(2,3)4/h10,14H,5-9H2,1-4H3. The molecule has 2 atom stereocenters. The first kappa shape index (κ1) is 12.3. The fourth-order valence-corrected chi connectivity index (χ4v) is 2.74. The van der Waals surface area contributed by atoms with E-state index in [4.69, 9.17) is 11.6 Å². The summed E-state index contributed by atoms with van der Waals surface area (Å²) in [6.45, 7) is 10.2. The van der Waals surface area contributed by atoms with Crippen molar-refractivity contribution in [2.45, 2.75) is 64.3 Å². The van der Waals surface area contributed by atoms with Gasteiger partial charge in [0, 0.05) is 10.9 Å². The van der Waals surface area contributed by atoms with Crippen LogP contribution < -0.4 is 5.32 Å². The highest BCUT2D eigenvalue weighted by molar-refractivity contribution is 6.24. The van der Waals surface area contributed by atoms with Crippen molar-refractivity contribution in [3.8, 4) is 0 Å². The number of alkyl halides is 1. The van der Waals surface area contributed by atoms with E-state index in [0.29, 0.717) is 11.5 Å². The van der Waals surface area contributed by atoms with Crippen molar-refractivity contribution in [2.75, 3.05) is 6.54 Å². The highest BCUT2D eigenvalue weighted by atomic mass is 35.5. The Labute approximate surface area is 93.6 Å². The summed E-state index contributed by atoms with van der Waals surface area (Å²) in [4.78, 5) is 0.0674. The van der Waals surface area contributed by atoms with Crippen LogP contribution in [0.3, 0.4) is 0 Å². The van der Waals surface area contributed by atoms with Crippen LogP contribution in [0.4, 0.5) is 0 Å². The van der Waals surface area contributed by atoms with Gasteiger partial charge in [0.1, 0.15) is 0 Å². The summed E-state index contributed by atoms with van der Waals surface area (Å²) in [6, 6.07) is 0.570. The molecule has 0 spiro atoms. The van der Waals surface area contributed by atoms with Gasteiger partial charge >= 0.3 is 0 Å². The summed E-state index contributed by atoms with van der Waals surface area (Å²) >= 11 is 6.64.